The largest absolute Gasteiger partial charge is 0.349 e. The zero-order valence-electron chi connectivity index (χ0n) is 19.0. The minimum Gasteiger partial charge on any atom is -0.349 e. The number of para-hydroxylation sites is 4. The van der Waals surface area contributed by atoms with Gasteiger partial charge in [0, 0.05) is 33.5 Å². The lowest BCUT2D eigenvalue weighted by atomic mass is 10.1. The smallest absolute Gasteiger partial charge is 0.220 e. The van der Waals surface area contributed by atoms with Gasteiger partial charge in [0.25, 0.3) is 0 Å². The van der Waals surface area contributed by atoms with E-state index < -0.39 is 0 Å². The Hall–Kier alpha value is -4.12. The van der Waals surface area contributed by atoms with E-state index in [-0.39, 0.29) is 36.6 Å². The minimum absolute atomic E-state index is 0.00399. The second-order valence-corrected chi connectivity index (χ2v) is 7.88. The Morgan fingerprint density at radius 1 is 1.00 bits per heavy atom. The van der Waals surface area contributed by atoms with Crippen LogP contribution in [0, 0.1) is 11.3 Å². The van der Waals surface area contributed by atoms with Crippen molar-refractivity contribution in [3.05, 3.63) is 65.7 Å². The highest BCUT2D eigenvalue weighted by Gasteiger charge is 2.31. The van der Waals surface area contributed by atoms with Crippen molar-refractivity contribution in [3.63, 3.8) is 0 Å². The predicted molar refractivity (Wildman–Crippen MR) is 127 cm³/mol. The summed E-state index contributed by atoms with van der Waals surface area (Å²) in [6, 6.07) is 17.6. The van der Waals surface area contributed by atoms with Crippen molar-refractivity contribution in [1.29, 1.82) is 5.26 Å². The van der Waals surface area contributed by atoms with E-state index in [2.05, 4.69) is 20.9 Å². The predicted octanol–water partition coefficient (Wildman–Crippen LogP) is 3.34. The first kappa shape index (κ1) is 22.1. The number of carbonyl (C=O) groups is 2. The first-order valence-electron chi connectivity index (χ1n) is 10.9. The summed E-state index contributed by atoms with van der Waals surface area (Å²) < 4.78 is 2.06. The van der Waals surface area contributed by atoms with E-state index in [0.29, 0.717) is 5.82 Å². The lowest BCUT2D eigenvalue weighted by molar-refractivity contribution is -0.124. The monoisotopic (exact) mass is 442 g/mol. The zero-order chi connectivity index (χ0) is 23.5. The molecule has 4 rings (SSSR count). The number of nitrogens with zero attached hydrogens (tertiary/aromatic N) is 5. The van der Waals surface area contributed by atoms with E-state index in [1.165, 1.54) is 0 Å². The lowest BCUT2D eigenvalue weighted by Gasteiger charge is -2.19. The van der Waals surface area contributed by atoms with E-state index in [9.17, 15) is 14.9 Å². The number of fused-ring (bicyclic) bond motifs is 2. The molecule has 1 aliphatic heterocycles. The van der Waals surface area contributed by atoms with Crippen molar-refractivity contribution in [2.75, 3.05) is 23.9 Å². The van der Waals surface area contributed by atoms with Gasteiger partial charge >= 0.3 is 0 Å². The number of benzene rings is 2. The van der Waals surface area contributed by atoms with Crippen molar-refractivity contribution in [1.82, 2.24) is 14.9 Å². The maximum Gasteiger partial charge on any atom is 0.220 e. The van der Waals surface area contributed by atoms with Crippen LogP contribution in [0.15, 0.2) is 59.9 Å². The van der Waals surface area contributed by atoms with Crippen molar-refractivity contribution in [2.24, 2.45) is 0 Å². The van der Waals surface area contributed by atoms with E-state index in [0.717, 1.165) is 34.8 Å². The Kier molecular flexibility index (Phi) is 6.13. The van der Waals surface area contributed by atoms with Crippen LogP contribution in [0.25, 0.3) is 11.0 Å². The van der Waals surface area contributed by atoms with Crippen LogP contribution in [0.4, 0.5) is 11.4 Å². The van der Waals surface area contributed by atoms with Crippen molar-refractivity contribution in [3.8, 4) is 6.07 Å². The molecule has 0 radical (unpaired) electrons. The zero-order valence-corrected chi connectivity index (χ0v) is 19.0. The van der Waals surface area contributed by atoms with Gasteiger partial charge in [-0.25, -0.2) is 4.98 Å². The number of Topliss-reactive ketones (excluding diaryl/α,β-unsaturated/α-hetero) is 1. The number of amides is 1. The molecule has 1 aromatic heterocycles. The van der Waals surface area contributed by atoms with Crippen molar-refractivity contribution in [2.45, 2.75) is 32.9 Å². The number of imidazole rings is 1. The molecule has 1 aliphatic rings. The maximum absolute atomic E-state index is 12.9. The summed E-state index contributed by atoms with van der Waals surface area (Å²) in [6.45, 7) is 3.06. The third kappa shape index (κ3) is 4.05. The van der Waals surface area contributed by atoms with E-state index in [1.807, 2.05) is 79.3 Å². The fourth-order valence-electron chi connectivity index (χ4n) is 4.29. The summed E-state index contributed by atoms with van der Waals surface area (Å²) in [5.41, 5.74) is 3.81. The molecule has 2 heterocycles. The molecular formula is C25H26N6O2. The molecule has 0 atom stereocenters. The lowest BCUT2D eigenvalue weighted by Crippen LogP contribution is -2.27. The SMILES string of the molecule is CCn1c(CNC(=O)CCC(=O)C(C#N)=C2N(C)c3ccccc3N2C)nc2ccccc21. The Labute approximate surface area is 192 Å². The average Bonchev–Trinajstić information content (AvgIpc) is 3.32. The second-order valence-electron chi connectivity index (χ2n) is 7.88. The summed E-state index contributed by atoms with van der Waals surface area (Å²) >= 11 is 0. The molecule has 0 saturated carbocycles. The van der Waals surface area contributed by atoms with Crippen LogP contribution in [-0.2, 0) is 22.7 Å². The molecule has 8 heteroatoms. The first-order valence-corrected chi connectivity index (χ1v) is 10.9. The number of anilines is 2. The van der Waals surface area contributed by atoms with Gasteiger partial charge in [-0.2, -0.15) is 5.26 Å². The number of hydrogen-bond acceptors (Lipinski definition) is 6. The van der Waals surface area contributed by atoms with Crippen LogP contribution in [0.2, 0.25) is 0 Å². The molecule has 1 amide bonds. The molecule has 1 N–H and O–H groups in total. The Balaban J connectivity index is 1.41. The number of rotatable bonds is 7. The van der Waals surface area contributed by atoms with Gasteiger partial charge in [0.1, 0.15) is 23.3 Å². The van der Waals surface area contributed by atoms with Gasteiger partial charge in [0.2, 0.25) is 5.91 Å². The van der Waals surface area contributed by atoms with Gasteiger partial charge in [-0.1, -0.05) is 24.3 Å². The van der Waals surface area contributed by atoms with E-state index in [1.54, 1.807) is 0 Å². The topological polar surface area (TPSA) is 94.3 Å². The number of nitrogens with one attached hydrogen (secondary N) is 1. The van der Waals surface area contributed by atoms with Gasteiger partial charge in [-0.15, -0.1) is 0 Å². The van der Waals surface area contributed by atoms with Gasteiger partial charge in [0.15, 0.2) is 5.78 Å². The van der Waals surface area contributed by atoms with Crippen LogP contribution in [0.1, 0.15) is 25.6 Å². The van der Waals surface area contributed by atoms with Gasteiger partial charge in [-0.3, -0.25) is 9.59 Å². The molecule has 168 valence electrons. The molecule has 0 unspecified atom stereocenters. The molecule has 0 fully saturated rings. The number of allylic oxidation sites excluding steroid dienone is 1. The Morgan fingerprint density at radius 2 is 1.64 bits per heavy atom. The van der Waals surface area contributed by atoms with E-state index in [4.69, 9.17) is 0 Å². The number of aryl methyl sites for hydroxylation is 1. The van der Waals surface area contributed by atoms with Gasteiger partial charge in [-0.05, 0) is 31.2 Å². The van der Waals surface area contributed by atoms with Crippen LogP contribution in [0.5, 0.6) is 0 Å². The summed E-state index contributed by atoms with van der Waals surface area (Å²) in [7, 11) is 3.66. The number of nitriles is 1. The molecule has 0 bridgehead atoms. The fourth-order valence-corrected chi connectivity index (χ4v) is 4.29. The Bertz CT molecular complexity index is 1270. The summed E-state index contributed by atoms with van der Waals surface area (Å²) in [6.07, 6.45) is -0.0372. The third-order valence-corrected chi connectivity index (χ3v) is 5.93. The molecule has 0 aliphatic carbocycles. The highest BCUT2D eigenvalue weighted by Crippen LogP contribution is 2.40. The molecule has 2 aromatic carbocycles. The molecule has 0 saturated heterocycles. The number of ketones is 1. The fraction of sp³-hybridized carbons (Fsp3) is 0.280. The highest BCUT2D eigenvalue weighted by molar-refractivity contribution is 6.03. The highest BCUT2D eigenvalue weighted by atomic mass is 16.2. The van der Waals surface area contributed by atoms with Crippen LogP contribution >= 0.6 is 0 Å². The number of aromatic nitrogens is 2. The average molecular weight is 443 g/mol. The van der Waals surface area contributed by atoms with E-state index >= 15 is 0 Å². The number of hydrogen-bond donors (Lipinski definition) is 1. The Morgan fingerprint density at radius 3 is 2.27 bits per heavy atom. The molecule has 0 spiro atoms. The first-order chi connectivity index (χ1) is 16.0. The van der Waals surface area contributed by atoms with Crippen LogP contribution in [-0.4, -0.2) is 35.3 Å². The van der Waals surface area contributed by atoms with Crippen LogP contribution in [0.3, 0.4) is 0 Å². The van der Waals surface area contributed by atoms with Crippen molar-refractivity contribution >= 4 is 34.1 Å². The summed E-state index contributed by atoms with van der Waals surface area (Å²) in [5, 5.41) is 12.6. The standard InChI is InChI=1S/C25H26N6O2/c1-4-31-19-10-6-5-9-18(19)28-23(31)16-27-24(33)14-13-22(32)17(15-26)25-29(2)20-11-7-8-12-21(20)30(25)3/h5-12H,4,13-14,16H2,1-3H3,(H,27,33). The van der Waals surface area contributed by atoms with Gasteiger partial charge < -0.3 is 19.7 Å². The number of carbonyl (C=O) groups excluding carboxylic acids is 2. The normalized spacial score (nSPS) is 12.6. The third-order valence-electron chi connectivity index (χ3n) is 5.93. The second kappa shape index (κ2) is 9.17. The summed E-state index contributed by atoms with van der Waals surface area (Å²) in [4.78, 5) is 33.6. The van der Waals surface area contributed by atoms with Crippen molar-refractivity contribution < 1.29 is 9.59 Å². The minimum atomic E-state index is -0.352. The van der Waals surface area contributed by atoms with Gasteiger partial charge in [0.05, 0.1) is 29.0 Å². The molecule has 8 nitrogen and oxygen atoms in total. The van der Waals surface area contributed by atoms with Crippen LogP contribution < -0.4 is 15.1 Å². The molecule has 33 heavy (non-hydrogen) atoms. The maximum atomic E-state index is 12.9. The molecule has 3 aromatic rings. The quantitative estimate of drug-likeness (QED) is 0.446. The molecular weight excluding hydrogens is 416 g/mol. The summed E-state index contributed by atoms with van der Waals surface area (Å²) in [5.74, 6) is 0.692.